The van der Waals surface area contributed by atoms with Crippen LogP contribution in [0.15, 0.2) is 47.1 Å². The number of amides is 2. The summed E-state index contributed by atoms with van der Waals surface area (Å²) in [5.74, 6) is 4.33. The lowest BCUT2D eigenvalue weighted by Crippen LogP contribution is -2.43. The summed E-state index contributed by atoms with van der Waals surface area (Å²) in [5, 5.41) is 2.60. The molecule has 0 saturated carbocycles. The fourth-order valence-corrected chi connectivity index (χ4v) is 1.89. The maximum atomic E-state index is 12.0. The summed E-state index contributed by atoms with van der Waals surface area (Å²) >= 11 is 0. The van der Waals surface area contributed by atoms with Crippen molar-refractivity contribution in [2.75, 3.05) is 0 Å². The van der Waals surface area contributed by atoms with Crippen molar-refractivity contribution in [3.63, 3.8) is 0 Å². The summed E-state index contributed by atoms with van der Waals surface area (Å²) in [6.07, 6.45) is 1.39. The highest BCUT2D eigenvalue weighted by Crippen LogP contribution is 2.18. The van der Waals surface area contributed by atoms with Gasteiger partial charge in [-0.2, -0.15) is 0 Å². The molecule has 0 unspecified atom stereocenters. The lowest BCUT2D eigenvalue weighted by Gasteiger charge is -2.18. The first kappa shape index (κ1) is 13.8. The highest BCUT2D eigenvalue weighted by molar-refractivity contribution is 5.95. The summed E-state index contributed by atoms with van der Waals surface area (Å²) in [4.78, 5) is 23.9. The standard InChI is InChI=1S/C14H15N3O3/c1-9-5-2-3-6-10(9)12(14(19)17-15)16-13(18)11-7-4-8-20-11/h2-8,12H,15H2,1H3,(H,16,18)(H,17,19)/t12-/m1/s1. The molecule has 4 N–H and O–H groups in total. The Morgan fingerprint density at radius 1 is 1.20 bits per heavy atom. The molecule has 1 heterocycles. The Morgan fingerprint density at radius 3 is 2.55 bits per heavy atom. The highest BCUT2D eigenvalue weighted by Gasteiger charge is 2.24. The predicted octanol–water partition coefficient (Wildman–Crippen LogP) is 1.05. The molecule has 20 heavy (non-hydrogen) atoms. The number of hydrogen-bond acceptors (Lipinski definition) is 4. The fraction of sp³-hybridized carbons (Fsp3) is 0.143. The highest BCUT2D eigenvalue weighted by atomic mass is 16.3. The second-order valence-electron chi connectivity index (χ2n) is 4.25. The van der Waals surface area contributed by atoms with Crippen molar-refractivity contribution in [1.29, 1.82) is 0 Å². The van der Waals surface area contributed by atoms with Crippen LogP contribution in [0.5, 0.6) is 0 Å². The summed E-state index contributed by atoms with van der Waals surface area (Å²) in [6, 6.07) is 9.50. The van der Waals surface area contributed by atoms with Crippen LogP contribution >= 0.6 is 0 Å². The number of rotatable bonds is 4. The topological polar surface area (TPSA) is 97.4 Å². The molecule has 1 atom stereocenters. The maximum Gasteiger partial charge on any atom is 0.287 e. The summed E-state index contributed by atoms with van der Waals surface area (Å²) < 4.78 is 5.00. The molecule has 2 amide bonds. The van der Waals surface area contributed by atoms with Crippen LogP contribution in [-0.4, -0.2) is 11.8 Å². The lowest BCUT2D eigenvalue weighted by atomic mass is 10.0. The van der Waals surface area contributed by atoms with E-state index in [1.165, 1.54) is 12.3 Å². The largest absolute Gasteiger partial charge is 0.459 e. The van der Waals surface area contributed by atoms with E-state index in [0.29, 0.717) is 5.56 Å². The molecule has 0 spiro atoms. The zero-order valence-electron chi connectivity index (χ0n) is 10.9. The van der Waals surface area contributed by atoms with E-state index in [2.05, 4.69) is 10.7 Å². The zero-order valence-corrected chi connectivity index (χ0v) is 10.9. The Kier molecular flexibility index (Phi) is 4.17. The molecule has 0 aliphatic carbocycles. The van der Waals surface area contributed by atoms with E-state index in [1.807, 2.05) is 19.1 Å². The number of hydrogen-bond donors (Lipinski definition) is 3. The number of carbonyl (C=O) groups is 2. The van der Waals surface area contributed by atoms with E-state index in [-0.39, 0.29) is 5.76 Å². The van der Waals surface area contributed by atoms with Crippen LogP contribution in [0, 0.1) is 6.92 Å². The van der Waals surface area contributed by atoms with Crippen molar-refractivity contribution in [2.45, 2.75) is 13.0 Å². The molecule has 0 aliphatic rings. The van der Waals surface area contributed by atoms with E-state index in [0.717, 1.165) is 5.56 Å². The van der Waals surface area contributed by atoms with Gasteiger partial charge in [0, 0.05) is 0 Å². The normalized spacial score (nSPS) is 11.7. The van der Waals surface area contributed by atoms with Crippen molar-refractivity contribution in [3.05, 3.63) is 59.5 Å². The second kappa shape index (κ2) is 6.03. The molecule has 2 rings (SSSR count). The van der Waals surface area contributed by atoms with Crippen LogP contribution in [0.3, 0.4) is 0 Å². The van der Waals surface area contributed by atoms with Gasteiger partial charge in [0.25, 0.3) is 11.8 Å². The Labute approximate surface area is 115 Å². The first-order valence-corrected chi connectivity index (χ1v) is 6.04. The fourth-order valence-electron chi connectivity index (χ4n) is 1.89. The average Bonchev–Trinajstić information content (AvgIpc) is 2.99. The SMILES string of the molecule is Cc1ccccc1[C@@H](NC(=O)c1ccco1)C(=O)NN. The molecule has 0 aliphatic heterocycles. The van der Waals surface area contributed by atoms with E-state index in [4.69, 9.17) is 10.3 Å². The van der Waals surface area contributed by atoms with Gasteiger partial charge in [-0.15, -0.1) is 0 Å². The molecular weight excluding hydrogens is 258 g/mol. The van der Waals surface area contributed by atoms with Crippen molar-refractivity contribution in [3.8, 4) is 0 Å². The molecule has 0 radical (unpaired) electrons. The van der Waals surface area contributed by atoms with Crippen molar-refractivity contribution in [2.24, 2.45) is 5.84 Å². The Balaban J connectivity index is 2.27. The first-order valence-electron chi connectivity index (χ1n) is 6.04. The first-order chi connectivity index (χ1) is 9.63. The van der Waals surface area contributed by atoms with Gasteiger partial charge in [-0.05, 0) is 30.2 Å². The Hall–Kier alpha value is -2.60. The lowest BCUT2D eigenvalue weighted by molar-refractivity contribution is -0.123. The van der Waals surface area contributed by atoms with Gasteiger partial charge in [-0.25, -0.2) is 5.84 Å². The van der Waals surface area contributed by atoms with Crippen LogP contribution in [0.4, 0.5) is 0 Å². The number of aryl methyl sites for hydroxylation is 1. The predicted molar refractivity (Wildman–Crippen MR) is 72.4 cm³/mol. The molecule has 1 aromatic heterocycles. The third-order valence-corrected chi connectivity index (χ3v) is 2.92. The molecule has 1 aromatic carbocycles. The average molecular weight is 273 g/mol. The second-order valence-corrected chi connectivity index (χ2v) is 4.25. The summed E-state index contributed by atoms with van der Waals surface area (Å²) in [6.45, 7) is 1.85. The smallest absolute Gasteiger partial charge is 0.287 e. The van der Waals surface area contributed by atoms with E-state index in [1.54, 1.807) is 18.2 Å². The van der Waals surface area contributed by atoms with E-state index in [9.17, 15) is 9.59 Å². The van der Waals surface area contributed by atoms with Crippen LogP contribution in [0.1, 0.15) is 27.7 Å². The molecule has 0 bridgehead atoms. The van der Waals surface area contributed by atoms with Gasteiger partial charge in [0.1, 0.15) is 6.04 Å². The molecular formula is C14H15N3O3. The summed E-state index contributed by atoms with van der Waals surface area (Å²) in [7, 11) is 0. The zero-order chi connectivity index (χ0) is 14.5. The van der Waals surface area contributed by atoms with E-state index >= 15 is 0 Å². The van der Waals surface area contributed by atoms with Crippen LogP contribution in [0.25, 0.3) is 0 Å². The Morgan fingerprint density at radius 2 is 1.95 bits per heavy atom. The van der Waals surface area contributed by atoms with Crippen LogP contribution < -0.4 is 16.6 Å². The van der Waals surface area contributed by atoms with Crippen molar-refractivity contribution >= 4 is 11.8 Å². The van der Waals surface area contributed by atoms with Crippen LogP contribution in [0.2, 0.25) is 0 Å². The van der Waals surface area contributed by atoms with Crippen molar-refractivity contribution in [1.82, 2.24) is 10.7 Å². The van der Waals surface area contributed by atoms with Gasteiger partial charge in [0.05, 0.1) is 6.26 Å². The number of nitrogens with two attached hydrogens (primary N) is 1. The number of hydrazine groups is 1. The minimum Gasteiger partial charge on any atom is -0.459 e. The number of nitrogens with one attached hydrogen (secondary N) is 2. The van der Waals surface area contributed by atoms with Gasteiger partial charge in [-0.1, -0.05) is 24.3 Å². The molecule has 6 nitrogen and oxygen atoms in total. The molecule has 104 valence electrons. The number of furan rings is 1. The molecule has 6 heteroatoms. The van der Waals surface area contributed by atoms with Gasteiger partial charge in [-0.3, -0.25) is 15.0 Å². The Bertz CT molecular complexity index is 608. The monoisotopic (exact) mass is 273 g/mol. The quantitative estimate of drug-likeness (QED) is 0.440. The maximum absolute atomic E-state index is 12.0. The minimum atomic E-state index is -0.876. The summed E-state index contributed by atoms with van der Waals surface area (Å²) in [5.41, 5.74) is 3.61. The van der Waals surface area contributed by atoms with Crippen molar-refractivity contribution < 1.29 is 14.0 Å². The molecule has 0 saturated heterocycles. The van der Waals surface area contributed by atoms with Gasteiger partial charge in [0.15, 0.2) is 5.76 Å². The number of benzene rings is 1. The molecule has 0 fully saturated rings. The van der Waals surface area contributed by atoms with Gasteiger partial charge in [0.2, 0.25) is 0 Å². The van der Waals surface area contributed by atoms with Gasteiger partial charge < -0.3 is 9.73 Å². The molecule has 2 aromatic rings. The minimum absolute atomic E-state index is 0.133. The number of carbonyl (C=O) groups excluding carboxylic acids is 2. The third-order valence-electron chi connectivity index (χ3n) is 2.92. The van der Waals surface area contributed by atoms with Gasteiger partial charge >= 0.3 is 0 Å². The van der Waals surface area contributed by atoms with E-state index < -0.39 is 17.9 Å². The van der Waals surface area contributed by atoms with Crippen LogP contribution in [-0.2, 0) is 4.79 Å². The third kappa shape index (κ3) is 2.86.